The van der Waals surface area contributed by atoms with Crippen molar-refractivity contribution in [3.63, 3.8) is 0 Å². The molecule has 0 N–H and O–H groups in total. The van der Waals surface area contributed by atoms with E-state index in [4.69, 9.17) is 9.26 Å². The molecule has 0 unspecified atom stereocenters. The van der Waals surface area contributed by atoms with Crippen molar-refractivity contribution in [2.75, 3.05) is 0 Å². The van der Waals surface area contributed by atoms with Crippen LogP contribution in [0, 0.1) is 17.9 Å². The second-order valence-corrected chi connectivity index (χ2v) is 22.7. The number of hydrogen-bond donors (Lipinski definition) is 0. The summed E-state index contributed by atoms with van der Waals surface area (Å²) < 4.78 is 18.9. The molecule has 0 radical (unpaired) electrons. The van der Waals surface area contributed by atoms with Crippen molar-refractivity contribution < 1.29 is 4.42 Å². The molecular weight excluding hydrogens is 985 g/mol. The molecule has 350 valence electrons. The molecule has 0 amide bonds. The highest BCUT2D eigenvalue weighted by Gasteiger charge is 2.34. The Hall–Kier alpha value is -9.54. The quantitative estimate of drug-likeness (QED) is 0.165. The van der Waals surface area contributed by atoms with Gasteiger partial charge in [0.2, 0.25) is 5.69 Å². The average molecular weight is 1020 g/mol. The van der Waals surface area contributed by atoms with E-state index in [-0.39, 0.29) is 0 Å². The van der Waals surface area contributed by atoms with E-state index in [1.165, 1.54) is 30.3 Å². The van der Waals surface area contributed by atoms with Gasteiger partial charge in [-0.05, 0) is 41.5 Å². The third kappa shape index (κ3) is 5.44. The van der Waals surface area contributed by atoms with Gasteiger partial charge in [0.15, 0.2) is 5.58 Å². The molecule has 6 heterocycles. The molecule has 0 atom stereocenters. The number of rotatable bonds is 4. The maximum absolute atomic E-state index is 12.4. The number of nitriles is 1. The van der Waals surface area contributed by atoms with E-state index in [1.807, 2.05) is 48.5 Å². The van der Waals surface area contributed by atoms with Gasteiger partial charge in [0, 0.05) is 89.9 Å². The number of fused-ring (bicyclic) bond motifs is 22. The number of benzene rings is 11. The summed E-state index contributed by atoms with van der Waals surface area (Å²) in [5, 5.41) is 25.7. The fourth-order valence-electron chi connectivity index (χ4n) is 12.7. The van der Waals surface area contributed by atoms with E-state index in [0.717, 1.165) is 118 Å². The normalized spacial score (nSPS) is 12.2. The largest absolute Gasteiger partial charge is 0.454 e. The molecule has 0 aliphatic carbocycles. The first-order valence-electron chi connectivity index (χ1n) is 25.2. The first-order chi connectivity index (χ1) is 37.7. The molecule has 0 fully saturated rings. The Labute approximate surface area is 444 Å². The van der Waals surface area contributed by atoms with Crippen molar-refractivity contribution in [1.82, 2.24) is 9.13 Å². The summed E-state index contributed by atoms with van der Waals surface area (Å²) in [6, 6.07) is 75.8. The lowest BCUT2D eigenvalue weighted by Gasteiger charge is -2.26. The van der Waals surface area contributed by atoms with E-state index >= 15 is 0 Å². The first-order valence-corrected chi connectivity index (χ1v) is 27.6. The topological polar surface area (TPSA) is 51.1 Å². The van der Waals surface area contributed by atoms with Crippen LogP contribution < -0.4 is 0 Å². The lowest BCUT2D eigenvalue weighted by molar-refractivity contribution is 0.671. The van der Waals surface area contributed by atoms with E-state index in [9.17, 15) is 11.8 Å². The standard InChI is InChI=1S/C68H34N4OS3/c1-70-58-56(37-16-4-2-5-17-37)51(36-69)59(71-61-45(30-34-48-40-21-9-13-25-53(40)74-66(48)61)46-31-35-49-41-22-10-14-26-54(41)75-67(49)62(46)71)57(38-18-6-3-7-19-38)64(58)72-60-43(28-32-47-39-20-8-12-24-52(39)73-65(47)60)44-29-33-50-42-23-11-15-27-55(42)76-68(50)63(44)72/h2-35H. The molecule has 8 heteroatoms. The lowest BCUT2D eigenvalue weighted by Crippen LogP contribution is -2.09. The summed E-state index contributed by atoms with van der Waals surface area (Å²) in [5.74, 6) is 0. The van der Waals surface area contributed by atoms with Gasteiger partial charge in [0.1, 0.15) is 11.7 Å². The molecule has 0 saturated carbocycles. The van der Waals surface area contributed by atoms with Crippen LogP contribution in [0.3, 0.4) is 0 Å². The third-order valence-electron chi connectivity index (χ3n) is 15.8. The molecule has 0 bridgehead atoms. The van der Waals surface area contributed by atoms with Gasteiger partial charge in [-0.15, -0.1) is 34.0 Å². The van der Waals surface area contributed by atoms with Gasteiger partial charge in [0.05, 0.1) is 59.7 Å². The Balaban J connectivity index is 1.20. The molecule has 11 aromatic carbocycles. The second-order valence-electron chi connectivity index (χ2n) is 19.5. The van der Waals surface area contributed by atoms with E-state index < -0.39 is 0 Å². The zero-order valence-corrected chi connectivity index (χ0v) is 42.5. The number of nitrogens with zero attached hydrogens (tertiary/aromatic N) is 4. The smallest absolute Gasteiger partial charge is 0.220 e. The molecule has 5 nitrogen and oxygen atoms in total. The monoisotopic (exact) mass is 1020 g/mol. The van der Waals surface area contributed by atoms with Crippen molar-refractivity contribution >= 4 is 166 Å². The van der Waals surface area contributed by atoms with Gasteiger partial charge in [-0.25, -0.2) is 4.85 Å². The van der Waals surface area contributed by atoms with Crippen LogP contribution in [-0.2, 0) is 0 Å². The van der Waals surface area contributed by atoms with E-state index in [1.54, 1.807) is 34.0 Å². The Kier molecular flexibility index (Phi) is 8.54. The van der Waals surface area contributed by atoms with Crippen LogP contribution in [0.15, 0.2) is 211 Å². The van der Waals surface area contributed by atoms with Crippen LogP contribution in [0.2, 0.25) is 0 Å². The predicted octanol–water partition coefficient (Wildman–Crippen LogP) is 20.6. The van der Waals surface area contributed by atoms with Crippen LogP contribution in [0.1, 0.15) is 5.56 Å². The SMILES string of the molecule is [C-]#[N+]c1c(-c2ccccc2)c(C#N)c(-n2c3c(ccc4c5ccccc5sc43)c3ccc4c5ccccc5sc4c32)c(-c2ccccc2)c1-n1c2c(ccc3c4ccccc4oc32)c2ccc3c4ccccc4sc3c21. The third-order valence-corrected chi connectivity index (χ3v) is 19.4. The minimum atomic E-state index is 0.384. The Morgan fingerprint density at radius 2 is 0.776 bits per heavy atom. The highest BCUT2D eigenvalue weighted by atomic mass is 32.1. The van der Waals surface area contributed by atoms with Crippen molar-refractivity contribution in [3.05, 3.63) is 223 Å². The summed E-state index contributed by atoms with van der Waals surface area (Å²) in [6.45, 7) is 9.65. The van der Waals surface area contributed by atoms with Crippen LogP contribution in [0.4, 0.5) is 5.69 Å². The first kappa shape index (κ1) is 41.9. The van der Waals surface area contributed by atoms with Crippen LogP contribution in [0.5, 0.6) is 0 Å². The summed E-state index contributed by atoms with van der Waals surface area (Å²) in [6.07, 6.45) is 0. The minimum Gasteiger partial charge on any atom is -0.454 e. The Morgan fingerprint density at radius 3 is 1.26 bits per heavy atom. The Bertz CT molecular complexity index is 4940. The van der Waals surface area contributed by atoms with Crippen molar-refractivity contribution in [3.8, 4) is 39.7 Å². The van der Waals surface area contributed by atoms with Crippen molar-refractivity contribution in [2.24, 2.45) is 0 Å². The molecule has 76 heavy (non-hydrogen) atoms. The van der Waals surface area contributed by atoms with Crippen LogP contribution in [-0.4, -0.2) is 9.13 Å². The number of hydrogen-bond acceptors (Lipinski definition) is 5. The fourth-order valence-corrected chi connectivity index (χ4v) is 16.4. The summed E-state index contributed by atoms with van der Waals surface area (Å²) in [7, 11) is 0. The molecule has 17 rings (SSSR count). The summed E-state index contributed by atoms with van der Waals surface area (Å²) in [5.41, 5.74) is 10.7. The number of aromatic nitrogens is 2. The van der Waals surface area contributed by atoms with Gasteiger partial charge < -0.3 is 13.6 Å². The highest BCUT2D eigenvalue weighted by molar-refractivity contribution is 7.27. The number of furan rings is 1. The maximum Gasteiger partial charge on any atom is 0.220 e. The Morgan fingerprint density at radius 1 is 0.382 bits per heavy atom. The zero-order valence-electron chi connectivity index (χ0n) is 40.1. The van der Waals surface area contributed by atoms with Gasteiger partial charge in [-0.2, -0.15) is 5.26 Å². The predicted molar refractivity (Wildman–Crippen MR) is 323 cm³/mol. The number of para-hydroxylation sites is 1. The lowest BCUT2D eigenvalue weighted by atomic mass is 9.88. The summed E-state index contributed by atoms with van der Waals surface area (Å²) in [4.78, 5) is 4.71. The van der Waals surface area contributed by atoms with Crippen molar-refractivity contribution in [1.29, 1.82) is 5.26 Å². The second kappa shape index (κ2) is 15.5. The molecule has 0 saturated heterocycles. The van der Waals surface area contributed by atoms with Crippen molar-refractivity contribution in [2.45, 2.75) is 0 Å². The van der Waals surface area contributed by atoms with Crippen LogP contribution in [0.25, 0.3) is 165 Å². The fraction of sp³-hybridized carbons (Fsp3) is 0. The minimum absolute atomic E-state index is 0.384. The zero-order chi connectivity index (χ0) is 49.9. The number of thiophene rings is 3. The molecule has 17 aromatic rings. The molecule has 0 spiro atoms. The van der Waals surface area contributed by atoms with E-state index in [0.29, 0.717) is 22.5 Å². The average Bonchev–Trinajstić information content (AvgIpc) is 4.41. The summed E-state index contributed by atoms with van der Waals surface area (Å²) >= 11 is 5.37. The maximum atomic E-state index is 12.4. The van der Waals surface area contributed by atoms with E-state index in [2.05, 4.69) is 173 Å². The molecular formula is C68H34N4OS3. The molecule has 6 aromatic heterocycles. The van der Waals surface area contributed by atoms with Gasteiger partial charge in [-0.3, -0.25) is 0 Å². The molecule has 0 aliphatic rings. The van der Waals surface area contributed by atoms with Gasteiger partial charge in [0.25, 0.3) is 0 Å². The molecule has 0 aliphatic heterocycles. The highest BCUT2D eigenvalue weighted by Crippen LogP contribution is 2.56. The van der Waals surface area contributed by atoms with Gasteiger partial charge in [-0.1, -0.05) is 176 Å². The van der Waals surface area contributed by atoms with Crippen LogP contribution >= 0.6 is 34.0 Å². The van der Waals surface area contributed by atoms with Gasteiger partial charge >= 0.3 is 0 Å².